The van der Waals surface area contributed by atoms with Gasteiger partial charge in [0.1, 0.15) is 0 Å². The number of hydrogen-bond acceptors (Lipinski definition) is 4. The highest BCUT2D eigenvalue weighted by molar-refractivity contribution is 7.90. The van der Waals surface area contributed by atoms with Gasteiger partial charge in [0, 0.05) is 12.4 Å². The van der Waals surface area contributed by atoms with Crippen molar-refractivity contribution in [1.82, 2.24) is 14.5 Å². The lowest BCUT2D eigenvalue weighted by Gasteiger charge is -2.14. The molecule has 1 amide bonds. The molecule has 1 N–H and O–H groups in total. The van der Waals surface area contributed by atoms with Crippen molar-refractivity contribution < 1.29 is 26.4 Å². The zero-order valence-electron chi connectivity index (χ0n) is 13.8. The van der Waals surface area contributed by atoms with Crippen LogP contribution in [0.3, 0.4) is 0 Å². The number of benzene rings is 2. The Morgan fingerprint density at radius 3 is 2.46 bits per heavy atom. The summed E-state index contributed by atoms with van der Waals surface area (Å²) in [6.45, 7) is 0. The fraction of sp³-hybridized carbons (Fsp3) is 0.0588. The minimum Gasteiger partial charge on any atom is -0.268 e. The second-order valence-electron chi connectivity index (χ2n) is 5.54. The van der Waals surface area contributed by atoms with Gasteiger partial charge in [0.2, 0.25) is 0 Å². The number of alkyl halides is 3. The van der Waals surface area contributed by atoms with Crippen LogP contribution in [-0.2, 0) is 16.2 Å². The van der Waals surface area contributed by atoms with Crippen LogP contribution < -0.4 is 4.72 Å². The third kappa shape index (κ3) is 4.02. The molecular formula is C17H11ClF3N3O3S. The molecule has 0 aliphatic heterocycles. The minimum atomic E-state index is -4.91. The molecule has 6 nitrogen and oxygen atoms in total. The maximum Gasteiger partial charge on any atom is 0.417 e. The van der Waals surface area contributed by atoms with Gasteiger partial charge in [0.25, 0.3) is 15.9 Å². The number of amides is 1. The zero-order valence-corrected chi connectivity index (χ0v) is 15.4. The van der Waals surface area contributed by atoms with Gasteiger partial charge in [-0.1, -0.05) is 23.7 Å². The van der Waals surface area contributed by atoms with Crippen molar-refractivity contribution in [3.8, 4) is 5.69 Å². The molecule has 0 saturated carbocycles. The molecule has 0 unspecified atom stereocenters. The maximum absolute atomic E-state index is 13.1. The summed E-state index contributed by atoms with van der Waals surface area (Å²) in [5, 5.41) is 3.90. The highest BCUT2D eigenvalue weighted by atomic mass is 35.5. The topological polar surface area (TPSA) is 81.1 Å². The standard InChI is InChI=1S/C17H11ClF3N3O3S/c18-14-7-6-11(24-9-3-8-22-24)10-12(14)16(25)23-28(26,27)15-5-2-1-4-13(15)17(19,20)21/h1-10H,(H,23,25). The lowest BCUT2D eigenvalue weighted by atomic mass is 10.2. The van der Waals surface area contributed by atoms with Gasteiger partial charge in [0.15, 0.2) is 0 Å². The van der Waals surface area contributed by atoms with Gasteiger partial charge in [-0.3, -0.25) is 4.79 Å². The van der Waals surface area contributed by atoms with E-state index < -0.39 is 32.6 Å². The molecule has 1 aromatic heterocycles. The lowest BCUT2D eigenvalue weighted by molar-refractivity contribution is -0.139. The number of hydrogen-bond donors (Lipinski definition) is 1. The molecule has 0 atom stereocenters. The second-order valence-corrected chi connectivity index (χ2v) is 7.60. The minimum absolute atomic E-state index is 0.0762. The predicted molar refractivity (Wildman–Crippen MR) is 94.7 cm³/mol. The van der Waals surface area contributed by atoms with E-state index in [1.807, 2.05) is 0 Å². The molecule has 2 aromatic carbocycles. The van der Waals surface area contributed by atoms with Crippen molar-refractivity contribution in [2.75, 3.05) is 0 Å². The number of nitrogens with one attached hydrogen (secondary N) is 1. The number of nitrogens with zero attached hydrogens (tertiary/aromatic N) is 2. The Morgan fingerprint density at radius 1 is 1.11 bits per heavy atom. The van der Waals surface area contributed by atoms with Crippen molar-refractivity contribution in [1.29, 1.82) is 0 Å². The number of carbonyl (C=O) groups is 1. The number of aromatic nitrogens is 2. The number of rotatable bonds is 4. The molecule has 0 aliphatic carbocycles. The summed E-state index contributed by atoms with van der Waals surface area (Å²) >= 11 is 5.97. The Hall–Kier alpha value is -2.85. The van der Waals surface area contributed by atoms with Gasteiger partial charge >= 0.3 is 6.18 Å². The first-order valence-corrected chi connectivity index (χ1v) is 9.48. The van der Waals surface area contributed by atoms with E-state index in [0.29, 0.717) is 11.8 Å². The summed E-state index contributed by atoms with van der Waals surface area (Å²) < 4.78 is 67.2. The third-order valence-electron chi connectivity index (χ3n) is 3.67. The van der Waals surface area contributed by atoms with Crippen LogP contribution in [0.5, 0.6) is 0 Å². The first-order valence-electron chi connectivity index (χ1n) is 7.62. The van der Waals surface area contributed by atoms with Crippen molar-refractivity contribution in [2.24, 2.45) is 0 Å². The molecule has 0 saturated heterocycles. The Morgan fingerprint density at radius 2 is 1.82 bits per heavy atom. The fourth-order valence-electron chi connectivity index (χ4n) is 2.42. The Balaban J connectivity index is 1.97. The normalized spacial score (nSPS) is 12.0. The molecular weight excluding hydrogens is 419 g/mol. The first kappa shape index (κ1) is 19.9. The van der Waals surface area contributed by atoms with E-state index in [9.17, 15) is 26.4 Å². The Kier molecular flexibility index (Phi) is 5.18. The van der Waals surface area contributed by atoms with Gasteiger partial charge in [-0.2, -0.15) is 18.3 Å². The SMILES string of the molecule is O=C(NS(=O)(=O)c1ccccc1C(F)(F)F)c1cc(-n2cccn2)ccc1Cl. The van der Waals surface area contributed by atoms with E-state index in [1.54, 1.807) is 23.1 Å². The molecule has 1 heterocycles. The van der Waals surface area contributed by atoms with Crippen LogP contribution in [0.2, 0.25) is 5.02 Å². The summed E-state index contributed by atoms with van der Waals surface area (Å²) in [4.78, 5) is 11.4. The molecule has 0 bridgehead atoms. The van der Waals surface area contributed by atoms with Crippen LogP contribution in [-0.4, -0.2) is 24.1 Å². The average molecular weight is 430 g/mol. The van der Waals surface area contributed by atoms with Crippen LogP contribution in [0.1, 0.15) is 15.9 Å². The van der Waals surface area contributed by atoms with E-state index in [1.165, 1.54) is 23.0 Å². The van der Waals surface area contributed by atoms with Crippen LogP contribution in [0.4, 0.5) is 13.2 Å². The molecule has 0 radical (unpaired) electrons. The molecule has 0 aliphatic rings. The Bertz CT molecular complexity index is 1130. The summed E-state index contributed by atoms with van der Waals surface area (Å²) in [5.41, 5.74) is -1.21. The maximum atomic E-state index is 13.1. The van der Waals surface area contributed by atoms with E-state index in [-0.39, 0.29) is 10.6 Å². The molecule has 0 fully saturated rings. The van der Waals surface area contributed by atoms with Crippen LogP contribution in [0.15, 0.2) is 65.8 Å². The predicted octanol–water partition coefficient (Wildman–Crippen LogP) is 3.66. The third-order valence-corrected chi connectivity index (χ3v) is 5.39. The molecule has 0 spiro atoms. The number of carbonyl (C=O) groups excluding carboxylic acids is 1. The highest BCUT2D eigenvalue weighted by Crippen LogP contribution is 2.34. The number of sulfonamides is 1. The average Bonchev–Trinajstić information content (AvgIpc) is 3.15. The summed E-state index contributed by atoms with van der Waals surface area (Å²) in [6.07, 6.45) is -1.83. The molecule has 28 heavy (non-hydrogen) atoms. The largest absolute Gasteiger partial charge is 0.417 e. The van der Waals surface area contributed by atoms with Crippen LogP contribution in [0.25, 0.3) is 5.69 Å². The van der Waals surface area contributed by atoms with E-state index in [0.717, 1.165) is 18.2 Å². The molecule has 3 aromatic rings. The Labute approximate surface area is 162 Å². The summed E-state index contributed by atoms with van der Waals surface area (Å²) in [7, 11) is -4.81. The zero-order chi connectivity index (χ0) is 20.5. The molecule has 146 valence electrons. The van der Waals surface area contributed by atoms with Gasteiger partial charge in [-0.05, 0) is 36.4 Å². The molecule has 3 rings (SSSR count). The fourth-order valence-corrected chi connectivity index (χ4v) is 3.82. The van der Waals surface area contributed by atoms with Gasteiger partial charge in [-0.25, -0.2) is 17.8 Å². The van der Waals surface area contributed by atoms with Crippen LogP contribution >= 0.6 is 11.6 Å². The lowest BCUT2D eigenvalue weighted by Crippen LogP contribution is -2.32. The molecule has 11 heteroatoms. The monoisotopic (exact) mass is 429 g/mol. The first-order chi connectivity index (χ1) is 13.1. The van der Waals surface area contributed by atoms with Crippen molar-refractivity contribution in [2.45, 2.75) is 11.1 Å². The van der Waals surface area contributed by atoms with E-state index in [2.05, 4.69) is 5.10 Å². The number of halogens is 4. The van der Waals surface area contributed by atoms with Gasteiger partial charge in [0.05, 0.1) is 26.7 Å². The summed E-state index contributed by atoms with van der Waals surface area (Å²) in [6, 6.07) is 9.35. The van der Waals surface area contributed by atoms with E-state index >= 15 is 0 Å². The van der Waals surface area contributed by atoms with Crippen LogP contribution in [0, 0.1) is 0 Å². The van der Waals surface area contributed by atoms with Crippen molar-refractivity contribution in [3.63, 3.8) is 0 Å². The van der Waals surface area contributed by atoms with Crippen molar-refractivity contribution >= 4 is 27.5 Å². The van der Waals surface area contributed by atoms with Crippen molar-refractivity contribution in [3.05, 3.63) is 77.1 Å². The smallest absolute Gasteiger partial charge is 0.268 e. The van der Waals surface area contributed by atoms with E-state index in [4.69, 9.17) is 11.6 Å². The second kappa shape index (κ2) is 7.28. The quantitative estimate of drug-likeness (QED) is 0.686. The van der Waals surface area contributed by atoms with Gasteiger partial charge in [-0.15, -0.1) is 0 Å². The summed E-state index contributed by atoms with van der Waals surface area (Å²) in [5.74, 6) is -1.17. The van der Waals surface area contributed by atoms with Gasteiger partial charge < -0.3 is 0 Å². The highest BCUT2D eigenvalue weighted by Gasteiger charge is 2.37.